The molecule has 5 heteroatoms. The first kappa shape index (κ1) is 15.9. The molecule has 0 fully saturated rings. The summed E-state index contributed by atoms with van der Waals surface area (Å²) in [6, 6.07) is 20.0. The van der Waals surface area contributed by atoms with E-state index in [1.54, 1.807) is 6.20 Å². The van der Waals surface area contributed by atoms with Crippen molar-refractivity contribution in [1.29, 1.82) is 0 Å². The molecule has 0 atom stereocenters. The number of carbonyl (C=O) groups is 1. The molecule has 4 nitrogen and oxygen atoms in total. The number of amides is 1. The highest BCUT2D eigenvalue weighted by atomic mass is 32.1. The van der Waals surface area contributed by atoms with Crippen LogP contribution in [0.25, 0.3) is 32.0 Å². The van der Waals surface area contributed by atoms with E-state index in [9.17, 15) is 4.79 Å². The van der Waals surface area contributed by atoms with Gasteiger partial charge < -0.3 is 5.32 Å². The molecule has 2 aromatic carbocycles. The van der Waals surface area contributed by atoms with Crippen LogP contribution in [0.4, 0.5) is 5.69 Å². The van der Waals surface area contributed by atoms with Crippen LogP contribution in [0.3, 0.4) is 0 Å². The fourth-order valence-corrected chi connectivity index (χ4v) is 4.10. The maximum Gasteiger partial charge on any atom is 0.265 e. The number of thiophene rings is 1. The predicted molar refractivity (Wildman–Crippen MR) is 112 cm³/mol. The first-order chi connectivity index (χ1) is 13.2. The minimum atomic E-state index is -0.143. The SMILES string of the molecule is Cc1ccc2cc3cc(C(=O)Nc4cnc5ccccc5c4)sc3nc2c1. The maximum absolute atomic E-state index is 12.7. The molecule has 0 saturated carbocycles. The molecule has 0 aliphatic rings. The summed E-state index contributed by atoms with van der Waals surface area (Å²) in [5.41, 5.74) is 3.72. The molecule has 0 unspecified atom stereocenters. The number of carbonyl (C=O) groups excluding carboxylic acids is 1. The number of nitrogens with one attached hydrogen (secondary N) is 1. The number of aromatic nitrogens is 2. The summed E-state index contributed by atoms with van der Waals surface area (Å²) in [6.07, 6.45) is 1.68. The molecule has 5 aromatic rings. The number of anilines is 1. The Morgan fingerprint density at radius 3 is 2.70 bits per heavy atom. The van der Waals surface area contributed by atoms with Crippen LogP contribution in [0.2, 0.25) is 0 Å². The Morgan fingerprint density at radius 1 is 0.926 bits per heavy atom. The molecule has 0 bridgehead atoms. The summed E-state index contributed by atoms with van der Waals surface area (Å²) < 4.78 is 0. The van der Waals surface area contributed by atoms with Crippen molar-refractivity contribution in [3.63, 3.8) is 0 Å². The topological polar surface area (TPSA) is 54.9 Å². The van der Waals surface area contributed by atoms with Crippen molar-refractivity contribution in [3.05, 3.63) is 77.3 Å². The van der Waals surface area contributed by atoms with Gasteiger partial charge in [0.1, 0.15) is 4.83 Å². The number of hydrogen-bond acceptors (Lipinski definition) is 4. The molecular formula is C22H15N3OS. The van der Waals surface area contributed by atoms with E-state index in [1.165, 1.54) is 16.9 Å². The smallest absolute Gasteiger partial charge is 0.265 e. The van der Waals surface area contributed by atoms with Crippen molar-refractivity contribution in [2.24, 2.45) is 0 Å². The van der Waals surface area contributed by atoms with Gasteiger partial charge in [0.2, 0.25) is 0 Å². The van der Waals surface area contributed by atoms with Crippen molar-refractivity contribution in [3.8, 4) is 0 Å². The van der Waals surface area contributed by atoms with E-state index < -0.39 is 0 Å². The fourth-order valence-electron chi connectivity index (χ4n) is 3.18. The van der Waals surface area contributed by atoms with Gasteiger partial charge in [0.25, 0.3) is 5.91 Å². The first-order valence-electron chi connectivity index (χ1n) is 8.63. The second-order valence-corrected chi connectivity index (χ2v) is 7.59. The van der Waals surface area contributed by atoms with Gasteiger partial charge in [-0.15, -0.1) is 11.3 Å². The van der Waals surface area contributed by atoms with E-state index in [0.717, 1.165) is 32.0 Å². The van der Waals surface area contributed by atoms with Crippen LogP contribution in [0.15, 0.2) is 66.9 Å². The summed E-state index contributed by atoms with van der Waals surface area (Å²) >= 11 is 1.41. The molecule has 0 spiro atoms. The summed E-state index contributed by atoms with van der Waals surface area (Å²) in [5.74, 6) is -0.143. The molecule has 0 aliphatic heterocycles. The van der Waals surface area contributed by atoms with Crippen molar-refractivity contribution >= 4 is 55.0 Å². The van der Waals surface area contributed by atoms with E-state index in [0.29, 0.717) is 10.6 Å². The van der Waals surface area contributed by atoms with Gasteiger partial charge in [-0.1, -0.05) is 30.3 Å². The summed E-state index contributed by atoms with van der Waals surface area (Å²) in [6.45, 7) is 2.05. The van der Waals surface area contributed by atoms with Crippen LogP contribution >= 0.6 is 11.3 Å². The first-order valence-corrected chi connectivity index (χ1v) is 9.44. The molecule has 0 aliphatic carbocycles. The van der Waals surface area contributed by atoms with Gasteiger partial charge in [-0.25, -0.2) is 4.98 Å². The highest BCUT2D eigenvalue weighted by Crippen LogP contribution is 2.28. The summed E-state index contributed by atoms with van der Waals surface area (Å²) in [7, 11) is 0. The third-order valence-electron chi connectivity index (χ3n) is 4.53. The fraction of sp³-hybridized carbons (Fsp3) is 0.0455. The average molecular weight is 369 g/mol. The number of pyridine rings is 2. The second-order valence-electron chi connectivity index (χ2n) is 6.56. The van der Waals surface area contributed by atoms with E-state index in [2.05, 4.69) is 41.5 Å². The Hall–Kier alpha value is -3.31. The molecule has 0 radical (unpaired) electrons. The average Bonchev–Trinajstić information content (AvgIpc) is 3.09. The Morgan fingerprint density at radius 2 is 1.78 bits per heavy atom. The van der Waals surface area contributed by atoms with Gasteiger partial charge in [0.15, 0.2) is 0 Å². The van der Waals surface area contributed by atoms with Gasteiger partial charge in [-0.3, -0.25) is 9.78 Å². The summed E-state index contributed by atoms with van der Waals surface area (Å²) in [5, 5.41) is 6.00. The van der Waals surface area contributed by atoms with E-state index in [4.69, 9.17) is 4.98 Å². The van der Waals surface area contributed by atoms with E-state index in [-0.39, 0.29) is 5.91 Å². The third-order valence-corrected chi connectivity index (χ3v) is 5.57. The van der Waals surface area contributed by atoms with E-state index >= 15 is 0 Å². The molecule has 130 valence electrons. The molecule has 1 amide bonds. The lowest BCUT2D eigenvalue weighted by Gasteiger charge is -2.04. The number of nitrogens with zero attached hydrogens (tertiary/aromatic N) is 2. The number of para-hydroxylation sites is 1. The van der Waals surface area contributed by atoms with Crippen molar-refractivity contribution in [1.82, 2.24) is 9.97 Å². The molecular weight excluding hydrogens is 354 g/mol. The minimum Gasteiger partial charge on any atom is -0.320 e. The van der Waals surface area contributed by atoms with Gasteiger partial charge in [0.05, 0.1) is 27.8 Å². The van der Waals surface area contributed by atoms with E-state index in [1.807, 2.05) is 36.4 Å². The maximum atomic E-state index is 12.7. The van der Waals surface area contributed by atoms with Crippen LogP contribution in [0, 0.1) is 6.92 Å². The Labute approximate surface area is 159 Å². The zero-order chi connectivity index (χ0) is 18.4. The molecule has 1 N–H and O–H groups in total. The minimum absolute atomic E-state index is 0.143. The lowest BCUT2D eigenvalue weighted by Crippen LogP contribution is -2.10. The lowest BCUT2D eigenvalue weighted by atomic mass is 10.1. The largest absolute Gasteiger partial charge is 0.320 e. The predicted octanol–water partition coefficient (Wildman–Crippen LogP) is 5.56. The van der Waals surface area contributed by atoms with Gasteiger partial charge in [0, 0.05) is 16.2 Å². The van der Waals surface area contributed by atoms with Crippen LogP contribution in [0.5, 0.6) is 0 Å². The molecule has 3 heterocycles. The molecule has 3 aromatic heterocycles. The lowest BCUT2D eigenvalue weighted by molar-refractivity contribution is 0.103. The number of aryl methyl sites for hydroxylation is 1. The van der Waals surface area contributed by atoms with Gasteiger partial charge in [-0.2, -0.15) is 0 Å². The molecule has 27 heavy (non-hydrogen) atoms. The Bertz CT molecular complexity index is 1340. The molecule has 0 saturated heterocycles. The number of hydrogen-bond donors (Lipinski definition) is 1. The van der Waals surface area contributed by atoms with Crippen molar-refractivity contribution in [2.45, 2.75) is 6.92 Å². The zero-order valence-electron chi connectivity index (χ0n) is 14.6. The van der Waals surface area contributed by atoms with Crippen molar-refractivity contribution in [2.75, 3.05) is 5.32 Å². The Kier molecular flexibility index (Phi) is 3.62. The standard InChI is InChI=1S/C22H15N3OS/c1-13-6-7-15-9-16-11-20(27-22(16)25-19(15)8-13)21(26)24-17-10-14-4-2-3-5-18(14)23-12-17/h2-12H,1H3,(H,24,26). The van der Waals surface area contributed by atoms with Crippen LogP contribution in [-0.2, 0) is 0 Å². The normalized spacial score (nSPS) is 11.3. The van der Waals surface area contributed by atoms with Crippen LogP contribution in [0.1, 0.15) is 15.2 Å². The number of rotatable bonds is 2. The number of fused-ring (bicyclic) bond motifs is 3. The quantitative estimate of drug-likeness (QED) is 0.443. The molecule has 5 rings (SSSR count). The Balaban J connectivity index is 1.49. The number of benzene rings is 2. The van der Waals surface area contributed by atoms with Crippen LogP contribution in [-0.4, -0.2) is 15.9 Å². The zero-order valence-corrected chi connectivity index (χ0v) is 15.4. The monoisotopic (exact) mass is 369 g/mol. The second kappa shape index (κ2) is 6.14. The highest BCUT2D eigenvalue weighted by molar-refractivity contribution is 7.20. The highest BCUT2D eigenvalue weighted by Gasteiger charge is 2.13. The van der Waals surface area contributed by atoms with Crippen LogP contribution < -0.4 is 5.32 Å². The van der Waals surface area contributed by atoms with Gasteiger partial charge in [-0.05, 0) is 42.8 Å². The van der Waals surface area contributed by atoms with Gasteiger partial charge >= 0.3 is 0 Å². The summed E-state index contributed by atoms with van der Waals surface area (Å²) in [4.78, 5) is 23.3. The van der Waals surface area contributed by atoms with Crippen molar-refractivity contribution < 1.29 is 4.79 Å². The third kappa shape index (κ3) is 2.92.